The van der Waals surface area contributed by atoms with E-state index in [0.29, 0.717) is 23.6 Å². The van der Waals surface area contributed by atoms with Crippen molar-refractivity contribution in [3.05, 3.63) is 29.3 Å². The Morgan fingerprint density at radius 2 is 1.95 bits per heavy atom. The van der Waals surface area contributed by atoms with Crippen LogP contribution in [-0.4, -0.2) is 29.1 Å². The quantitative estimate of drug-likeness (QED) is 0.811. The highest BCUT2D eigenvalue weighted by Crippen LogP contribution is 2.16. The first-order chi connectivity index (χ1) is 9.43. The van der Waals surface area contributed by atoms with E-state index in [1.807, 2.05) is 6.92 Å². The predicted molar refractivity (Wildman–Crippen MR) is 76.0 cm³/mol. The van der Waals surface area contributed by atoms with Gasteiger partial charge in [0.05, 0.1) is 0 Å². The number of benzene rings is 1. The van der Waals surface area contributed by atoms with Gasteiger partial charge in [-0.1, -0.05) is 24.9 Å². The zero-order valence-corrected chi connectivity index (χ0v) is 12.2. The summed E-state index contributed by atoms with van der Waals surface area (Å²) in [4.78, 5) is 22.9. The molecule has 20 heavy (non-hydrogen) atoms. The molecule has 0 aromatic heterocycles. The Kier molecular flexibility index (Phi) is 6.31. The molecule has 0 spiro atoms. The van der Waals surface area contributed by atoms with E-state index in [0.717, 1.165) is 0 Å². The van der Waals surface area contributed by atoms with Crippen molar-refractivity contribution in [1.82, 2.24) is 5.32 Å². The summed E-state index contributed by atoms with van der Waals surface area (Å²) in [6.07, 6.45) is 0.271. The zero-order valence-electron chi connectivity index (χ0n) is 11.4. The summed E-state index contributed by atoms with van der Waals surface area (Å²) in [6, 6.07) is 5.71. The lowest BCUT2D eigenvalue weighted by atomic mass is 10.1. The van der Waals surface area contributed by atoms with E-state index >= 15 is 0 Å². The Balaban J connectivity index is 2.57. The van der Waals surface area contributed by atoms with Crippen molar-refractivity contribution >= 4 is 23.5 Å². The molecule has 0 aliphatic rings. The molecule has 110 valence electrons. The fraction of sp³-hybridized carbons (Fsp3) is 0.429. The smallest absolute Gasteiger partial charge is 0.326 e. The number of halogens is 1. The molecule has 1 aromatic carbocycles. The molecular weight excluding hydrogens is 282 g/mol. The third kappa shape index (κ3) is 5.09. The van der Waals surface area contributed by atoms with Gasteiger partial charge in [0.2, 0.25) is 0 Å². The molecule has 1 aromatic rings. The van der Waals surface area contributed by atoms with Crippen LogP contribution in [0.25, 0.3) is 0 Å². The van der Waals surface area contributed by atoms with Crippen molar-refractivity contribution in [3.8, 4) is 5.75 Å². The highest BCUT2D eigenvalue weighted by Gasteiger charge is 2.23. The second kappa shape index (κ2) is 7.75. The molecule has 0 saturated carbocycles. The average Bonchev–Trinajstić information content (AvgIpc) is 2.40. The molecule has 0 aliphatic carbocycles. The van der Waals surface area contributed by atoms with Crippen LogP contribution in [0.1, 0.15) is 26.7 Å². The molecule has 0 bridgehead atoms. The third-order valence-electron chi connectivity index (χ3n) is 2.69. The summed E-state index contributed by atoms with van der Waals surface area (Å²) >= 11 is 5.75. The van der Waals surface area contributed by atoms with Gasteiger partial charge in [-0.2, -0.15) is 0 Å². The van der Waals surface area contributed by atoms with Gasteiger partial charge in [0.15, 0.2) is 6.10 Å². The molecule has 2 N–H and O–H groups in total. The van der Waals surface area contributed by atoms with Crippen LogP contribution < -0.4 is 10.1 Å². The van der Waals surface area contributed by atoms with Crippen LogP contribution in [0.5, 0.6) is 5.75 Å². The van der Waals surface area contributed by atoms with Gasteiger partial charge in [0.25, 0.3) is 5.91 Å². The van der Waals surface area contributed by atoms with Crippen molar-refractivity contribution in [2.75, 3.05) is 0 Å². The molecular formula is C14H18ClNO4. The van der Waals surface area contributed by atoms with Crippen LogP contribution >= 0.6 is 11.6 Å². The van der Waals surface area contributed by atoms with Crippen LogP contribution in [0, 0.1) is 0 Å². The van der Waals surface area contributed by atoms with E-state index in [4.69, 9.17) is 21.4 Å². The number of ether oxygens (including phenoxy) is 1. The molecule has 2 atom stereocenters. The zero-order chi connectivity index (χ0) is 15.1. The summed E-state index contributed by atoms with van der Waals surface area (Å²) in [5.41, 5.74) is 0. The van der Waals surface area contributed by atoms with Gasteiger partial charge < -0.3 is 15.2 Å². The fourth-order valence-electron chi connectivity index (χ4n) is 1.61. The number of carboxylic acids is 1. The van der Waals surface area contributed by atoms with E-state index in [1.165, 1.54) is 0 Å². The molecule has 1 rings (SSSR count). The monoisotopic (exact) mass is 299 g/mol. The normalized spacial score (nSPS) is 13.3. The molecule has 0 saturated heterocycles. The minimum Gasteiger partial charge on any atom is -0.481 e. The SMILES string of the molecule is CCC[C@H](NC(=O)C(C)Oc1ccc(Cl)cc1)C(=O)O. The fourth-order valence-corrected chi connectivity index (χ4v) is 1.73. The van der Waals surface area contributed by atoms with Gasteiger partial charge >= 0.3 is 5.97 Å². The van der Waals surface area contributed by atoms with Crippen LogP contribution in [0.3, 0.4) is 0 Å². The summed E-state index contributed by atoms with van der Waals surface area (Å²) in [7, 11) is 0. The van der Waals surface area contributed by atoms with Gasteiger partial charge in [-0.3, -0.25) is 4.79 Å². The molecule has 1 unspecified atom stereocenters. The number of nitrogens with one attached hydrogen (secondary N) is 1. The summed E-state index contributed by atoms with van der Waals surface area (Å²) < 4.78 is 5.43. The maximum absolute atomic E-state index is 11.9. The van der Waals surface area contributed by atoms with Gasteiger partial charge in [0.1, 0.15) is 11.8 Å². The molecule has 0 radical (unpaired) electrons. The highest BCUT2D eigenvalue weighted by molar-refractivity contribution is 6.30. The molecule has 6 heteroatoms. The number of carbonyl (C=O) groups is 2. The lowest BCUT2D eigenvalue weighted by Gasteiger charge is -2.18. The van der Waals surface area contributed by atoms with E-state index in [2.05, 4.69) is 5.32 Å². The van der Waals surface area contributed by atoms with Crippen molar-refractivity contribution in [3.63, 3.8) is 0 Å². The maximum Gasteiger partial charge on any atom is 0.326 e. The van der Waals surface area contributed by atoms with Crippen molar-refractivity contribution < 1.29 is 19.4 Å². The molecule has 5 nitrogen and oxygen atoms in total. The van der Waals surface area contributed by atoms with Crippen LogP contribution in [-0.2, 0) is 9.59 Å². The molecule has 0 fully saturated rings. The topological polar surface area (TPSA) is 75.6 Å². The number of rotatable bonds is 7. The highest BCUT2D eigenvalue weighted by atomic mass is 35.5. The van der Waals surface area contributed by atoms with Crippen molar-refractivity contribution in [2.24, 2.45) is 0 Å². The van der Waals surface area contributed by atoms with Crippen LogP contribution in [0.2, 0.25) is 5.02 Å². The summed E-state index contributed by atoms with van der Waals surface area (Å²) in [6.45, 7) is 3.42. The van der Waals surface area contributed by atoms with Crippen molar-refractivity contribution in [1.29, 1.82) is 0 Å². The number of amides is 1. The van der Waals surface area contributed by atoms with Gasteiger partial charge in [-0.25, -0.2) is 4.79 Å². The Morgan fingerprint density at radius 3 is 2.45 bits per heavy atom. The van der Waals surface area contributed by atoms with Crippen LogP contribution in [0.4, 0.5) is 0 Å². The number of carbonyl (C=O) groups excluding carboxylic acids is 1. The van der Waals surface area contributed by atoms with Crippen LogP contribution in [0.15, 0.2) is 24.3 Å². The summed E-state index contributed by atoms with van der Waals surface area (Å²) in [5.74, 6) is -1.00. The predicted octanol–water partition coefficient (Wildman–Crippen LogP) is 2.48. The maximum atomic E-state index is 11.9. The number of hydrogen-bond acceptors (Lipinski definition) is 3. The molecule has 0 heterocycles. The third-order valence-corrected chi connectivity index (χ3v) is 2.94. The van der Waals surface area contributed by atoms with E-state index in [-0.39, 0.29) is 0 Å². The van der Waals surface area contributed by atoms with Crippen molar-refractivity contribution in [2.45, 2.75) is 38.8 Å². The molecule has 0 aliphatic heterocycles. The first-order valence-electron chi connectivity index (χ1n) is 6.39. The van der Waals surface area contributed by atoms with E-state index in [1.54, 1.807) is 31.2 Å². The van der Waals surface area contributed by atoms with Gasteiger partial charge in [-0.15, -0.1) is 0 Å². The van der Waals surface area contributed by atoms with E-state index < -0.39 is 24.0 Å². The lowest BCUT2D eigenvalue weighted by molar-refractivity contribution is -0.143. The first kappa shape index (κ1) is 16.3. The van der Waals surface area contributed by atoms with Gasteiger partial charge in [0, 0.05) is 5.02 Å². The first-order valence-corrected chi connectivity index (χ1v) is 6.77. The van der Waals surface area contributed by atoms with E-state index in [9.17, 15) is 9.59 Å². The Morgan fingerprint density at radius 1 is 1.35 bits per heavy atom. The minimum absolute atomic E-state index is 0.384. The largest absolute Gasteiger partial charge is 0.481 e. The standard InChI is InChI=1S/C14H18ClNO4/c1-3-4-12(14(18)19)16-13(17)9(2)20-11-7-5-10(15)6-8-11/h5-9,12H,3-4H2,1-2H3,(H,16,17)(H,18,19)/t9?,12-/m0/s1. The lowest BCUT2D eigenvalue weighted by Crippen LogP contribution is -2.46. The number of hydrogen-bond donors (Lipinski definition) is 2. The summed E-state index contributed by atoms with van der Waals surface area (Å²) in [5, 5.41) is 12.0. The number of carboxylic acid groups (broad SMARTS) is 1. The van der Waals surface area contributed by atoms with Gasteiger partial charge in [-0.05, 0) is 37.6 Å². The second-order valence-electron chi connectivity index (χ2n) is 4.40. The minimum atomic E-state index is -1.04. The molecule has 1 amide bonds. The average molecular weight is 300 g/mol. The Hall–Kier alpha value is -1.75. The number of aliphatic carboxylic acids is 1. The second-order valence-corrected chi connectivity index (χ2v) is 4.84. The Labute approximate surface area is 122 Å². The Bertz CT molecular complexity index is 461.